The van der Waals surface area contributed by atoms with E-state index in [1.54, 1.807) is 16.7 Å². The van der Waals surface area contributed by atoms with Crippen LogP contribution >= 0.6 is 0 Å². The van der Waals surface area contributed by atoms with Crippen LogP contribution in [0.15, 0.2) is 36.7 Å². The molecule has 2 aromatic heterocycles. The number of aryl methyl sites for hydroxylation is 1. The lowest BCUT2D eigenvalue weighted by atomic mass is 9.99. The summed E-state index contributed by atoms with van der Waals surface area (Å²) in [5.41, 5.74) is 4.88. The van der Waals surface area contributed by atoms with Gasteiger partial charge in [0.25, 0.3) is 5.91 Å². The molecular weight excluding hydrogens is 492 g/mol. The average Bonchev–Trinajstić information content (AvgIpc) is 3.32. The topological polar surface area (TPSA) is 115 Å². The number of nitrogens with zero attached hydrogens (tertiary/aromatic N) is 7. The van der Waals surface area contributed by atoms with Crippen LogP contribution in [-0.2, 0) is 6.18 Å². The molecule has 0 bridgehead atoms. The maximum Gasteiger partial charge on any atom is 0.417 e. The van der Waals surface area contributed by atoms with Crippen LogP contribution in [0.4, 0.5) is 40.7 Å². The Bertz CT molecular complexity index is 1440. The molecule has 4 heterocycles. The molecule has 1 atom stereocenters. The molecule has 9 nitrogen and oxygen atoms in total. The van der Waals surface area contributed by atoms with Gasteiger partial charge in [-0.15, -0.1) is 0 Å². The van der Waals surface area contributed by atoms with E-state index in [2.05, 4.69) is 21.0 Å². The molecule has 1 amide bonds. The Kier molecular flexibility index (Phi) is 5.82. The van der Waals surface area contributed by atoms with Crippen molar-refractivity contribution in [2.24, 2.45) is 0 Å². The molecule has 1 saturated heterocycles. The predicted molar refractivity (Wildman–Crippen MR) is 126 cm³/mol. The van der Waals surface area contributed by atoms with Crippen LogP contribution in [0, 0.1) is 24.1 Å². The first-order valence-electron chi connectivity index (χ1n) is 11.3. The van der Waals surface area contributed by atoms with Crippen LogP contribution in [0.3, 0.4) is 0 Å². The number of benzene rings is 1. The molecule has 2 aliphatic heterocycles. The van der Waals surface area contributed by atoms with Crippen molar-refractivity contribution in [3.8, 4) is 6.07 Å². The third-order valence-electron chi connectivity index (χ3n) is 6.47. The number of anilines is 4. The van der Waals surface area contributed by atoms with Gasteiger partial charge in [-0.1, -0.05) is 6.07 Å². The van der Waals surface area contributed by atoms with E-state index in [1.807, 2.05) is 0 Å². The van der Waals surface area contributed by atoms with E-state index in [0.717, 1.165) is 23.2 Å². The van der Waals surface area contributed by atoms with Crippen molar-refractivity contribution in [1.29, 1.82) is 5.26 Å². The molecule has 0 aliphatic carbocycles. The fraction of sp³-hybridized carbons (Fsp3) is 0.292. The number of alkyl halides is 3. The minimum Gasteiger partial charge on any atom is -0.368 e. The third kappa shape index (κ3) is 4.14. The van der Waals surface area contributed by atoms with Crippen molar-refractivity contribution >= 4 is 29.0 Å². The SMILES string of the molecule is Cc1nc(N)nc(N2CCCC2N2CN(c3cncc(F)c3)C(=O)c3c2cccc3C(F)(F)F)c1C#N. The van der Waals surface area contributed by atoms with E-state index in [0.29, 0.717) is 25.1 Å². The van der Waals surface area contributed by atoms with E-state index in [4.69, 9.17) is 5.73 Å². The summed E-state index contributed by atoms with van der Waals surface area (Å²) in [5.74, 6) is -1.44. The zero-order valence-electron chi connectivity index (χ0n) is 19.5. The number of nitriles is 1. The standard InChI is InChI=1S/C24H20F4N8O/c1-13-16(9-29)21(33-23(30)32-13)34-7-3-6-19(34)36-12-35(15-8-14(25)10-31-11-15)22(37)20-17(24(26,27)28)4-2-5-18(20)36/h2,4-5,8,10-11,19H,3,6-7,12H2,1H3,(H2,30,32,33). The first-order valence-corrected chi connectivity index (χ1v) is 11.3. The lowest BCUT2D eigenvalue weighted by Crippen LogP contribution is -2.55. The normalized spacial score (nSPS) is 17.7. The molecule has 13 heteroatoms. The summed E-state index contributed by atoms with van der Waals surface area (Å²) in [5, 5.41) is 9.75. The number of nitrogens with two attached hydrogens (primary N) is 1. The average molecular weight is 512 g/mol. The summed E-state index contributed by atoms with van der Waals surface area (Å²) >= 11 is 0. The molecule has 2 N–H and O–H groups in total. The van der Waals surface area contributed by atoms with Gasteiger partial charge in [0.15, 0.2) is 5.82 Å². The second-order valence-electron chi connectivity index (χ2n) is 8.70. The van der Waals surface area contributed by atoms with Gasteiger partial charge in [-0.3, -0.25) is 14.7 Å². The molecule has 5 rings (SSSR count). The van der Waals surface area contributed by atoms with Gasteiger partial charge in [0.2, 0.25) is 5.95 Å². The van der Waals surface area contributed by atoms with Crippen LogP contribution in [-0.4, -0.2) is 40.2 Å². The van der Waals surface area contributed by atoms with Crippen LogP contribution in [0.1, 0.15) is 40.0 Å². The zero-order chi connectivity index (χ0) is 26.5. The van der Waals surface area contributed by atoms with Gasteiger partial charge in [-0.05, 0) is 31.9 Å². The number of aromatic nitrogens is 3. The van der Waals surface area contributed by atoms with Crippen LogP contribution < -0.4 is 20.4 Å². The molecule has 1 aromatic carbocycles. The summed E-state index contributed by atoms with van der Waals surface area (Å²) in [6, 6.07) is 6.66. The quantitative estimate of drug-likeness (QED) is 0.527. The van der Waals surface area contributed by atoms with Gasteiger partial charge in [-0.25, -0.2) is 9.37 Å². The third-order valence-corrected chi connectivity index (χ3v) is 6.47. The molecule has 0 spiro atoms. The van der Waals surface area contributed by atoms with E-state index < -0.39 is 35.2 Å². The number of carbonyl (C=O) groups excluding carboxylic acids is 1. The summed E-state index contributed by atoms with van der Waals surface area (Å²) in [6.07, 6.45) is -2.10. The van der Waals surface area contributed by atoms with Gasteiger partial charge in [0, 0.05) is 12.6 Å². The van der Waals surface area contributed by atoms with Gasteiger partial charge in [0.1, 0.15) is 30.3 Å². The zero-order valence-corrected chi connectivity index (χ0v) is 19.5. The van der Waals surface area contributed by atoms with Gasteiger partial charge in [0.05, 0.1) is 40.6 Å². The van der Waals surface area contributed by atoms with Crippen LogP contribution in [0.5, 0.6) is 0 Å². The predicted octanol–water partition coefficient (Wildman–Crippen LogP) is 3.84. The molecule has 0 saturated carbocycles. The number of amides is 1. The first-order chi connectivity index (χ1) is 17.6. The fourth-order valence-corrected chi connectivity index (χ4v) is 4.91. The van der Waals surface area contributed by atoms with Gasteiger partial charge < -0.3 is 15.5 Å². The molecule has 1 unspecified atom stereocenters. The van der Waals surface area contributed by atoms with Gasteiger partial charge in [-0.2, -0.15) is 23.4 Å². The number of hydrogen-bond donors (Lipinski definition) is 1. The highest BCUT2D eigenvalue weighted by atomic mass is 19.4. The van der Waals surface area contributed by atoms with Gasteiger partial charge >= 0.3 is 6.18 Å². The number of rotatable bonds is 3. The Labute approximate surface area is 208 Å². The number of pyridine rings is 1. The summed E-state index contributed by atoms with van der Waals surface area (Å²) in [4.78, 5) is 30.0. The lowest BCUT2D eigenvalue weighted by molar-refractivity contribution is -0.137. The minimum atomic E-state index is -4.81. The molecule has 3 aromatic rings. The van der Waals surface area contributed by atoms with Crippen molar-refractivity contribution in [3.63, 3.8) is 0 Å². The molecule has 2 aliphatic rings. The second kappa shape index (κ2) is 8.88. The minimum absolute atomic E-state index is 0.0158. The maximum atomic E-state index is 14.0. The summed E-state index contributed by atoms with van der Waals surface area (Å²) < 4.78 is 56.1. The second-order valence-corrected chi connectivity index (χ2v) is 8.70. The molecular formula is C24H20F4N8O. The largest absolute Gasteiger partial charge is 0.417 e. The Morgan fingerprint density at radius 2 is 1.97 bits per heavy atom. The molecule has 190 valence electrons. The number of carbonyl (C=O) groups is 1. The first kappa shape index (κ1) is 24.2. The number of hydrogen-bond acceptors (Lipinski definition) is 8. The van der Waals surface area contributed by atoms with Crippen LogP contribution in [0.25, 0.3) is 0 Å². The van der Waals surface area contributed by atoms with Crippen molar-refractivity contribution < 1.29 is 22.4 Å². The van der Waals surface area contributed by atoms with E-state index in [9.17, 15) is 27.6 Å². The fourth-order valence-electron chi connectivity index (χ4n) is 4.91. The molecule has 37 heavy (non-hydrogen) atoms. The Morgan fingerprint density at radius 3 is 2.68 bits per heavy atom. The van der Waals surface area contributed by atoms with Crippen LogP contribution in [0.2, 0.25) is 0 Å². The maximum absolute atomic E-state index is 14.0. The number of nitrogen functional groups attached to an aromatic ring is 1. The summed E-state index contributed by atoms with van der Waals surface area (Å²) in [7, 11) is 0. The Hall–Kier alpha value is -4.47. The highest BCUT2D eigenvalue weighted by Crippen LogP contribution is 2.42. The highest BCUT2D eigenvalue weighted by molar-refractivity contribution is 6.13. The van der Waals surface area contributed by atoms with E-state index >= 15 is 0 Å². The summed E-state index contributed by atoms with van der Waals surface area (Å²) in [6.45, 7) is 1.88. The lowest BCUT2D eigenvalue weighted by Gasteiger charge is -2.44. The number of halogens is 4. The van der Waals surface area contributed by atoms with Crippen molar-refractivity contribution in [1.82, 2.24) is 15.0 Å². The van der Waals surface area contributed by atoms with Crippen molar-refractivity contribution in [2.75, 3.05) is 33.6 Å². The Balaban J connectivity index is 1.68. The molecule has 1 fully saturated rings. The van der Waals surface area contributed by atoms with Crippen molar-refractivity contribution in [3.05, 3.63) is 64.9 Å². The Morgan fingerprint density at radius 1 is 1.19 bits per heavy atom. The highest BCUT2D eigenvalue weighted by Gasteiger charge is 2.44. The number of fused-ring (bicyclic) bond motifs is 1. The monoisotopic (exact) mass is 512 g/mol. The smallest absolute Gasteiger partial charge is 0.368 e. The van der Waals surface area contributed by atoms with Crippen molar-refractivity contribution in [2.45, 2.75) is 32.1 Å². The molecule has 0 radical (unpaired) electrons. The van der Waals surface area contributed by atoms with E-state index in [1.165, 1.54) is 18.3 Å². The van der Waals surface area contributed by atoms with E-state index in [-0.39, 0.29) is 35.4 Å².